The quantitative estimate of drug-likeness (QED) is 0.119. The van der Waals surface area contributed by atoms with Crippen LogP contribution in [0.5, 0.6) is 11.5 Å². The van der Waals surface area contributed by atoms with E-state index in [1.807, 2.05) is 49.4 Å². The third-order valence-electron chi connectivity index (χ3n) is 5.02. The zero-order chi connectivity index (χ0) is 25.2. The second kappa shape index (κ2) is 12.7. The van der Waals surface area contributed by atoms with Gasteiger partial charge in [0.25, 0.3) is 5.91 Å². The summed E-state index contributed by atoms with van der Waals surface area (Å²) < 4.78 is 11.9. The minimum Gasteiger partial charge on any atom is -0.483 e. The van der Waals surface area contributed by atoms with Crippen LogP contribution in [0.1, 0.15) is 42.0 Å². The summed E-state index contributed by atoms with van der Waals surface area (Å²) >= 11 is 3.39. The molecule has 3 rings (SSSR count). The van der Waals surface area contributed by atoms with Crippen LogP contribution in [0.15, 0.2) is 82.4 Å². The second-order valence-corrected chi connectivity index (χ2v) is 9.02. The highest BCUT2D eigenvalue weighted by atomic mass is 79.9. The van der Waals surface area contributed by atoms with E-state index in [1.54, 1.807) is 24.3 Å². The van der Waals surface area contributed by atoms with Gasteiger partial charge in [0.1, 0.15) is 11.5 Å². The Morgan fingerprint density at radius 3 is 2.54 bits per heavy atom. The number of esters is 1. The fourth-order valence-corrected chi connectivity index (χ4v) is 3.44. The molecule has 180 valence electrons. The van der Waals surface area contributed by atoms with Crippen LogP contribution >= 0.6 is 15.9 Å². The number of ether oxygens (including phenoxy) is 2. The van der Waals surface area contributed by atoms with Crippen molar-refractivity contribution >= 4 is 40.1 Å². The van der Waals surface area contributed by atoms with Crippen molar-refractivity contribution in [2.24, 2.45) is 5.10 Å². The SMILES string of the molecule is Cc1ccc(C(C)C)cc1OCC(=O)N/N=C\c1cc(Br)ccc1OC(=O)/C=C/c1ccccc1. The van der Waals surface area contributed by atoms with Crippen molar-refractivity contribution in [2.75, 3.05) is 6.61 Å². The smallest absolute Gasteiger partial charge is 0.336 e. The Balaban J connectivity index is 1.59. The number of halogens is 1. The first-order valence-corrected chi connectivity index (χ1v) is 11.9. The first-order valence-electron chi connectivity index (χ1n) is 11.1. The zero-order valence-electron chi connectivity index (χ0n) is 19.8. The van der Waals surface area contributed by atoms with E-state index in [0.717, 1.165) is 21.2 Å². The second-order valence-electron chi connectivity index (χ2n) is 8.11. The van der Waals surface area contributed by atoms with E-state index in [9.17, 15) is 9.59 Å². The molecule has 0 radical (unpaired) electrons. The third kappa shape index (κ3) is 8.22. The molecular formula is C28H27BrN2O4. The summed E-state index contributed by atoms with van der Waals surface area (Å²) in [7, 11) is 0. The van der Waals surface area contributed by atoms with Gasteiger partial charge in [-0.25, -0.2) is 10.2 Å². The summed E-state index contributed by atoms with van der Waals surface area (Å²) in [6.45, 7) is 5.96. The van der Waals surface area contributed by atoms with E-state index in [-0.39, 0.29) is 6.61 Å². The van der Waals surface area contributed by atoms with Crippen LogP contribution in [0.2, 0.25) is 0 Å². The predicted molar refractivity (Wildman–Crippen MR) is 142 cm³/mol. The Labute approximate surface area is 213 Å². The van der Waals surface area contributed by atoms with Gasteiger partial charge in [-0.05, 0) is 59.9 Å². The number of carbonyl (C=O) groups is 2. The highest BCUT2D eigenvalue weighted by Gasteiger charge is 2.09. The van der Waals surface area contributed by atoms with E-state index in [2.05, 4.69) is 46.4 Å². The maximum Gasteiger partial charge on any atom is 0.336 e. The van der Waals surface area contributed by atoms with E-state index in [0.29, 0.717) is 23.0 Å². The minimum absolute atomic E-state index is 0.176. The topological polar surface area (TPSA) is 77.0 Å². The summed E-state index contributed by atoms with van der Waals surface area (Å²) in [4.78, 5) is 24.5. The van der Waals surface area contributed by atoms with Gasteiger partial charge in [-0.2, -0.15) is 5.10 Å². The lowest BCUT2D eigenvalue weighted by Crippen LogP contribution is -2.24. The van der Waals surface area contributed by atoms with Gasteiger partial charge in [0.2, 0.25) is 0 Å². The molecule has 0 saturated carbocycles. The van der Waals surface area contributed by atoms with Gasteiger partial charge in [-0.3, -0.25) is 4.79 Å². The molecule has 0 heterocycles. The van der Waals surface area contributed by atoms with Crippen molar-refractivity contribution in [2.45, 2.75) is 26.7 Å². The lowest BCUT2D eigenvalue weighted by molar-refractivity contribution is -0.129. The first kappa shape index (κ1) is 25.9. The molecule has 0 aromatic heterocycles. The average Bonchev–Trinajstić information content (AvgIpc) is 2.84. The molecular weight excluding hydrogens is 508 g/mol. The highest BCUT2D eigenvalue weighted by molar-refractivity contribution is 9.10. The number of hydrogen-bond donors (Lipinski definition) is 1. The Kier molecular flexibility index (Phi) is 9.38. The van der Waals surface area contributed by atoms with Gasteiger partial charge in [0.15, 0.2) is 6.61 Å². The number of hydrogen-bond acceptors (Lipinski definition) is 5. The van der Waals surface area contributed by atoms with Gasteiger partial charge in [0, 0.05) is 16.1 Å². The first-order chi connectivity index (χ1) is 16.8. The normalized spacial score (nSPS) is 11.2. The highest BCUT2D eigenvalue weighted by Crippen LogP contribution is 2.24. The van der Waals surface area contributed by atoms with Gasteiger partial charge in [0.05, 0.1) is 6.21 Å². The fraction of sp³-hybridized carbons (Fsp3) is 0.179. The Bertz CT molecular complexity index is 1240. The molecule has 0 aliphatic carbocycles. The lowest BCUT2D eigenvalue weighted by Gasteiger charge is -2.12. The molecule has 0 bridgehead atoms. The van der Waals surface area contributed by atoms with E-state index in [4.69, 9.17) is 9.47 Å². The predicted octanol–water partition coefficient (Wildman–Crippen LogP) is 6.03. The summed E-state index contributed by atoms with van der Waals surface area (Å²) in [5.74, 6) is 0.405. The molecule has 7 heteroatoms. The largest absolute Gasteiger partial charge is 0.483 e. The van der Waals surface area contributed by atoms with Crippen molar-refractivity contribution in [1.29, 1.82) is 0 Å². The standard InChI is InChI=1S/C28H27BrN2O4/c1-19(2)22-11-9-20(3)26(16-22)34-18-27(32)31-30-17-23-15-24(29)12-13-25(23)35-28(33)14-10-21-7-5-4-6-8-21/h4-17,19H,18H2,1-3H3,(H,31,32)/b14-10+,30-17-. The molecule has 0 fully saturated rings. The summed E-state index contributed by atoms with van der Waals surface area (Å²) in [6, 6.07) is 20.6. The van der Waals surface area contributed by atoms with E-state index >= 15 is 0 Å². The molecule has 1 N–H and O–H groups in total. The maximum atomic E-state index is 12.3. The van der Waals surface area contributed by atoms with Crippen LogP contribution < -0.4 is 14.9 Å². The van der Waals surface area contributed by atoms with Crippen LogP contribution in [0.3, 0.4) is 0 Å². The average molecular weight is 535 g/mol. The van der Waals surface area contributed by atoms with Crippen LogP contribution in [-0.2, 0) is 9.59 Å². The molecule has 3 aromatic rings. The fourth-order valence-electron chi connectivity index (χ4n) is 3.06. The number of rotatable bonds is 9. The van der Waals surface area contributed by atoms with Crippen molar-refractivity contribution in [3.63, 3.8) is 0 Å². The number of aryl methyl sites for hydroxylation is 1. The van der Waals surface area contributed by atoms with Crippen LogP contribution in [0, 0.1) is 6.92 Å². The maximum absolute atomic E-state index is 12.3. The molecule has 3 aromatic carbocycles. The number of hydrazone groups is 1. The number of carbonyl (C=O) groups excluding carboxylic acids is 2. The van der Waals surface area contributed by atoms with Crippen LogP contribution in [-0.4, -0.2) is 24.7 Å². The Morgan fingerprint density at radius 1 is 1.03 bits per heavy atom. The molecule has 1 amide bonds. The molecule has 0 saturated heterocycles. The van der Waals surface area contributed by atoms with Gasteiger partial charge >= 0.3 is 5.97 Å². The summed E-state index contributed by atoms with van der Waals surface area (Å²) in [6.07, 6.45) is 4.44. The molecule has 0 aliphatic rings. The monoisotopic (exact) mass is 534 g/mol. The molecule has 0 aliphatic heterocycles. The number of benzene rings is 3. The van der Waals surface area contributed by atoms with Crippen LogP contribution in [0.4, 0.5) is 0 Å². The molecule has 0 unspecified atom stereocenters. The van der Waals surface area contributed by atoms with Gasteiger partial charge < -0.3 is 9.47 Å². The third-order valence-corrected chi connectivity index (χ3v) is 5.52. The molecule has 35 heavy (non-hydrogen) atoms. The molecule has 6 nitrogen and oxygen atoms in total. The molecule has 0 atom stereocenters. The Hall–Kier alpha value is -3.71. The number of nitrogens with zero attached hydrogens (tertiary/aromatic N) is 1. The van der Waals surface area contributed by atoms with Crippen molar-refractivity contribution in [3.05, 3.63) is 99.5 Å². The van der Waals surface area contributed by atoms with Crippen molar-refractivity contribution < 1.29 is 19.1 Å². The zero-order valence-corrected chi connectivity index (χ0v) is 21.4. The summed E-state index contributed by atoms with van der Waals surface area (Å²) in [5, 5.41) is 3.99. The van der Waals surface area contributed by atoms with Crippen molar-refractivity contribution in [1.82, 2.24) is 5.43 Å². The minimum atomic E-state index is -0.526. The summed E-state index contributed by atoms with van der Waals surface area (Å²) in [5.41, 5.74) is 5.93. The number of nitrogens with one attached hydrogen (secondary N) is 1. The van der Waals surface area contributed by atoms with Crippen LogP contribution in [0.25, 0.3) is 6.08 Å². The Morgan fingerprint density at radius 2 is 1.80 bits per heavy atom. The van der Waals surface area contributed by atoms with Gasteiger partial charge in [-0.15, -0.1) is 0 Å². The van der Waals surface area contributed by atoms with E-state index in [1.165, 1.54) is 12.3 Å². The molecule has 0 spiro atoms. The van der Waals surface area contributed by atoms with Crippen molar-refractivity contribution in [3.8, 4) is 11.5 Å². The number of amides is 1. The lowest BCUT2D eigenvalue weighted by atomic mass is 10.0. The van der Waals surface area contributed by atoms with E-state index < -0.39 is 11.9 Å². The van der Waals surface area contributed by atoms with Gasteiger partial charge in [-0.1, -0.05) is 72.2 Å².